The molecule has 0 atom stereocenters. The normalized spacial score (nSPS) is 10.8. The second-order valence-corrected chi connectivity index (χ2v) is 5.47. The van der Waals surface area contributed by atoms with Crippen LogP contribution in [0, 0.1) is 3.57 Å². The van der Waals surface area contributed by atoms with Crippen LogP contribution in [0.25, 0.3) is 0 Å². The molecule has 0 saturated carbocycles. The summed E-state index contributed by atoms with van der Waals surface area (Å²) in [4.78, 5) is 8.06. The van der Waals surface area contributed by atoms with Gasteiger partial charge in [0.25, 0.3) is 0 Å². The van der Waals surface area contributed by atoms with Gasteiger partial charge in [-0.1, -0.05) is 13.3 Å². The Bertz CT molecular complexity index is 351. The zero-order valence-corrected chi connectivity index (χ0v) is 14.6. The van der Waals surface area contributed by atoms with Crippen molar-refractivity contribution in [3.8, 4) is 6.01 Å². The van der Waals surface area contributed by atoms with Gasteiger partial charge in [0.15, 0.2) is 0 Å². The smallest absolute Gasteiger partial charge is 0.316 e. The van der Waals surface area contributed by atoms with E-state index in [1.54, 1.807) is 12.4 Å². The van der Waals surface area contributed by atoms with Crippen LogP contribution in [-0.4, -0.2) is 56.2 Å². The highest BCUT2D eigenvalue weighted by Gasteiger charge is 1.97. The Morgan fingerprint density at radius 3 is 1.95 bits per heavy atom. The van der Waals surface area contributed by atoms with E-state index in [-0.39, 0.29) is 0 Å². The predicted molar refractivity (Wildman–Crippen MR) is 87.6 cm³/mol. The van der Waals surface area contributed by atoms with Crippen molar-refractivity contribution < 1.29 is 18.9 Å². The molecule has 21 heavy (non-hydrogen) atoms. The molecule has 0 spiro atoms. The van der Waals surface area contributed by atoms with E-state index in [9.17, 15) is 0 Å². The van der Waals surface area contributed by atoms with E-state index in [0.717, 1.165) is 23.0 Å². The summed E-state index contributed by atoms with van der Waals surface area (Å²) in [6.45, 7) is 6.25. The number of rotatable bonds is 13. The fourth-order valence-electron chi connectivity index (χ4n) is 1.36. The standard InChI is InChI=1S/C14H23IN2O4/c1-2-3-4-18-5-6-19-7-8-20-9-10-21-14-16-11-13(15)12-17-14/h11-12H,2-10H2,1H3. The molecule has 1 aromatic heterocycles. The van der Waals surface area contributed by atoms with Gasteiger partial charge in [-0.15, -0.1) is 0 Å². The molecule has 6 nitrogen and oxygen atoms in total. The van der Waals surface area contributed by atoms with E-state index >= 15 is 0 Å². The molecule has 1 heterocycles. The van der Waals surface area contributed by atoms with Gasteiger partial charge in [0.1, 0.15) is 6.61 Å². The molecular weight excluding hydrogens is 387 g/mol. The molecule has 0 amide bonds. The second-order valence-electron chi connectivity index (χ2n) is 4.22. The highest BCUT2D eigenvalue weighted by Crippen LogP contribution is 2.04. The first-order chi connectivity index (χ1) is 10.3. The number of halogens is 1. The van der Waals surface area contributed by atoms with Gasteiger partial charge in [-0.25, -0.2) is 9.97 Å². The van der Waals surface area contributed by atoms with Gasteiger partial charge in [-0.05, 0) is 29.0 Å². The summed E-state index contributed by atoms with van der Waals surface area (Å²) in [5, 5.41) is 0. The van der Waals surface area contributed by atoms with Gasteiger partial charge in [0.2, 0.25) is 0 Å². The summed E-state index contributed by atoms with van der Waals surface area (Å²) >= 11 is 2.14. The van der Waals surface area contributed by atoms with Crippen molar-refractivity contribution in [3.63, 3.8) is 0 Å². The molecule has 0 fully saturated rings. The van der Waals surface area contributed by atoms with E-state index in [2.05, 4.69) is 39.5 Å². The van der Waals surface area contributed by atoms with Crippen molar-refractivity contribution in [2.45, 2.75) is 19.8 Å². The zero-order valence-electron chi connectivity index (χ0n) is 12.4. The molecule has 7 heteroatoms. The van der Waals surface area contributed by atoms with Crippen LogP contribution in [0.3, 0.4) is 0 Å². The van der Waals surface area contributed by atoms with Gasteiger partial charge in [0, 0.05) is 22.6 Å². The van der Waals surface area contributed by atoms with Crippen molar-refractivity contribution in [2.75, 3.05) is 46.2 Å². The van der Waals surface area contributed by atoms with Gasteiger partial charge in [-0.2, -0.15) is 0 Å². The number of nitrogens with zero attached hydrogens (tertiary/aromatic N) is 2. The molecule has 0 bridgehead atoms. The van der Waals surface area contributed by atoms with Crippen molar-refractivity contribution >= 4 is 22.6 Å². The third-order valence-electron chi connectivity index (χ3n) is 2.44. The lowest BCUT2D eigenvalue weighted by Crippen LogP contribution is -2.13. The topological polar surface area (TPSA) is 62.7 Å². The van der Waals surface area contributed by atoms with Crippen LogP contribution in [0.4, 0.5) is 0 Å². The van der Waals surface area contributed by atoms with Gasteiger partial charge < -0.3 is 18.9 Å². The molecule has 0 aliphatic heterocycles. The predicted octanol–water partition coefficient (Wildman–Crippen LogP) is 2.31. The number of ether oxygens (including phenoxy) is 4. The second kappa shape index (κ2) is 13.2. The summed E-state index contributed by atoms with van der Waals surface area (Å²) in [5.41, 5.74) is 0. The Labute approximate surface area is 139 Å². The summed E-state index contributed by atoms with van der Waals surface area (Å²) in [7, 11) is 0. The molecule has 0 radical (unpaired) electrons. The maximum atomic E-state index is 5.38. The maximum absolute atomic E-state index is 5.38. The third-order valence-corrected chi connectivity index (χ3v) is 3.00. The molecule has 0 N–H and O–H groups in total. The molecule has 0 unspecified atom stereocenters. The van der Waals surface area contributed by atoms with Crippen LogP contribution in [-0.2, 0) is 14.2 Å². The van der Waals surface area contributed by atoms with Gasteiger partial charge >= 0.3 is 6.01 Å². The highest BCUT2D eigenvalue weighted by molar-refractivity contribution is 14.1. The first-order valence-corrected chi connectivity index (χ1v) is 8.24. The SMILES string of the molecule is CCCCOCCOCCOCCOc1ncc(I)cn1. The molecule has 0 aromatic carbocycles. The third kappa shape index (κ3) is 10.8. The lowest BCUT2D eigenvalue weighted by atomic mass is 10.4. The zero-order chi connectivity index (χ0) is 15.2. The van der Waals surface area contributed by atoms with E-state index in [0.29, 0.717) is 45.7 Å². The van der Waals surface area contributed by atoms with Crippen molar-refractivity contribution in [3.05, 3.63) is 16.0 Å². The van der Waals surface area contributed by atoms with Crippen LogP contribution in [0.5, 0.6) is 6.01 Å². The molecular formula is C14H23IN2O4. The minimum absolute atomic E-state index is 0.375. The Morgan fingerprint density at radius 2 is 1.38 bits per heavy atom. The molecule has 120 valence electrons. The lowest BCUT2D eigenvalue weighted by molar-refractivity contribution is 0.00845. The minimum atomic E-state index is 0.375. The van der Waals surface area contributed by atoms with Crippen molar-refractivity contribution in [2.24, 2.45) is 0 Å². The first-order valence-electron chi connectivity index (χ1n) is 7.16. The maximum Gasteiger partial charge on any atom is 0.316 e. The van der Waals surface area contributed by atoms with E-state index in [1.165, 1.54) is 0 Å². The number of unbranched alkanes of at least 4 members (excludes halogenated alkanes) is 1. The number of hydrogen-bond acceptors (Lipinski definition) is 6. The molecule has 0 saturated heterocycles. The molecule has 1 rings (SSSR count). The number of hydrogen-bond donors (Lipinski definition) is 0. The minimum Gasteiger partial charge on any atom is -0.461 e. The monoisotopic (exact) mass is 410 g/mol. The highest BCUT2D eigenvalue weighted by atomic mass is 127. The summed E-state index contributed by atoms with van der Waals surface area (Å²) in [5.74, 6) is 0. The van der Waals surface area contributed by atoms with Crippen LogP contribution < -0.4 is 4.74 Å². The fraction of sp³-hybridized carbons (Fsp3) is 0.714. The average molecular weight is 410 g/mol. The number of aromatic nitrogens is 2. The van der Waals surface area contributed by atoms with Crippen LogP contribution in [0.1, 0.15) is 19.8 Å². The van der Waals surface area contributed by atoms with Crippen LogP contribution in [0.2, 0.25) is 0 Å². The molecule has 0 aliphatic carbocycles. The first kappa shape index (κ1) is 18.5. The summed E-state index contributed by atoms with van der Waals surface area (Å²) < 4.78 is 22.4. The van der Waals surface area contributed by atoms with E-state index in [1.807, 2.05) is 0 Å². The van der Waals surface area contributed by atoms with Gasteiger partial charge in [0.05, 0.1) is 33.0 Å². The fourth-order valence-corrected chi connectivity index (χ4v) is 1.63. The Balaban J connectivity index is 1.81. The Morgan fingerprint density at radius 1 is 0.857 bits per heavy atom. The Hall–Kier alpha value is -0.510. The molecule has 1 aromatic rings. The van der Waals surface area contributed by atoms with E-state index < -0.39 is 0 Å². The average Bonchev–Trinajstić information content (AvgIpc) is 2.50. The summed E-state index contributed by atoms with van der Waals surface area (Å²) in [6, 6.07) is 0.375. The van der Waals surface area contributed by atoms with Crippen molar-refractivity contribution in [1.29, 1.82) is 0 Å². The summed E-state index contributed by atoms with van der Waals surface area (Å²) in [6.07, 6.45) is 5.68. The molecule has 0 aliphatic rings. The van der Waals surface area contributed by atoms with Crippen LogP contribution in [0.15, 0.2) is 12.4 Å². The van der Waals surface area contributed by atoms with Crippen LogP contribution >= 0.6 is 22.6 Å². The largest absolute Gasteiger partial charge is 0.461 e. The van der Waals surface area contributed by atoms with Gasteiger partial charge in [-0.3, -0.25) is 0 Å². The quantitative estimate of drug-likeness (QED) is 0.368. The Kier molecular flexibility index (Phi) is 11.6. The van der Waals surface area contributed by atoms with Crippen molar-refractivity contribution in [1.82, 2.24) is 9.97 Å². The lowest BCUT2D eigenvalue weighted by Gasteiger charge is -2.07. The van der Waals surface area contributed by atoms with E-state index in [4.69, 9.17) is 18.9 Å².